The van der Waals surface area contributed by atoms with Crippen molar-refractivity contribution in [3.8, 4) is 0 Å². The van der Waals surface area contributed by atoms with Crippen molar-refractivity contribution in [1.29, 1.82) is 0 Å². The van der Waals surface area contributed by atoms with Crippen LogP contribution < -0.4 is 0 Å². The second kappa shape index (κ2) is 9.30. The first kappa shape index (κ1) is 19.1. The van der Waals surface area contributed by atoms with Gasteiger partial charge in [0.15, 0.2) is 5.69 Å². The van der Waals surface area contributed by atoms with Gasteiger partial charge < -0.3 is 4.90 Å². The van der Waals surface area contributed by atoms with Crippen LogP contribution in [0.2, 0.25) is 0 Å². The molecule has 0 saturated heterocycles. The van der Waals surface area contributed by atoms with Gasteiger partial charge in [-0.3, -0.25) is 4.79 Å². The normalized spacial score (nSPS) is 10.8. The van der Waals surface area contributed by atoms with E-state index < -0.39 is 0 Å². The van der Waals surface area contributed by atoms with Crippen LogP contribution in [0.25, 0.3) is 0 Å². The summed E-state index contributed by atoms with van der Waals surface area (Å²) in [6, 6.07) is 24.3. The molecule has 0 radical (unpaired) electrons. The fraction of sp³-hybridized carbons (Fsp3) is 0.174. The summed E-state index contributed by atoms with van der Waals surface area (Å²) in [4.78, 5) is 16.2. The Balaban J connectivity index is 1.48. The summed E-state index contributed by atoms with van der Waals surface area (Å²) in [5, 5.41) is 10.3. The molecule has 0 aliphatic heterocycles. The molecule has 6 heteroatoms. The van der Waals surface area contributed by atoms with E-state index in [1.165, 1.54) is 5.56 Å². The molecule has 2 aromatic heterocycles. The fourth-order valence-corrected chi connectivity index (χ4v) is 3.88. The third-order valence-electron chi connectivity index (χ3n) is 4.67. The fourth-order valence-electron chi connectivity index (χ4n) is 3.16. The third kappa shape index (κ3) is 5.18. The van der Waals surface area contributed by atoms with Gasteiger partial charge in [-0.25, -0.2) is 4.68 Å². The summed E-state index contributed by atoms with van der Waals surface area (Å²) < 4.78 is 1.71. The maximum Gasteiger partial charge on any atom is 0.276 e. The van der Waals surface area contributed by atoms with E-state index in [1.54, 1.807) is 22.2 Å². The molecule has 146 valence electrons. The van der Waals surface area contributed by atoms with E-state index in [-0.39, 0.29) is 5.91 Å². The number of hydrogen-bond donors (Lipinski definition) is 0. The van der Waals surface area contributed by atoms with Gasteiger partial charge in [-0.1, -0.05) is 71.9 Å². The smallest absolute Gasteiger partial charge is 0.276 e. The highest BCUT2D eigenvalue weighted by atomic mass is 32.1. The highest BCUT2D eigenvalue weighted by Gasteiger charge is 2.20. The van der Waals surface area contributed by atoms with E-state index in [0.29, 0.717) is 25.3 Å². The van der Waals surface area contributed by atoms with Gasteiger partial charge in [0.2, 0.25) is 0 Å². The number of thiophene rings is 1. The maximum absolute atomic E-state index is 13.2. The van der Waals surface area contributed by atoms with E-state index in [0.717, 1.165) is 16.9 Å². The lowest BCUT2D eigenvalue weighted by molar-refractivity contribution is 0.0740. The van der Waals surface area contributed by atoms with Crippen molar-refractivity contribution in [3.05, 3.63) is 106 Å². The minimum absolute atomic E-state index is 0.0892. The van der Waals surface area contributed by atoms with Crippen LogP contribution >= 0.6 is 11.3 Å². The first-order chi connectivity index (χ1) is 14.3. The van der Waals surface area contributed by atoms with Crippen molar-refractivity contribution in [3.63, 3.8) is 0 Å². The monoisotopic (exact) mass is 402 g/mol. The molecule has 0 bridgehead atoms. The molecular formula is C23H22N4OS. The first-order valence-electron chi connectivity index (χ1n) is 9.57. The van der Waals surface area contributed by atoms with E-state index in [4.69, 9.17) is 0 Å². The number of aromatic nitrogens is 3. The predicted octanol–water partition coefficient (Wildman–Crippen LogP) is 4.27. The average Bonchev–Trinajstić information content (AvgIpc) is 3.44. The van der Waals surface area contributed by atoms with Gasteiger partial charge in [-0.05, 0) is 29.0 Å². The van der Waals surface area contributed by atoms with Crippen LogP contribution in [0, 0.1) is 0 Å². The molecule has 4 aromatic rings. The summed E-state index contributed by atoms with van der Waals surface area (Å²) >= 11 is 1.66. The number of nitrogens with zero attached hydrogens (tertiary/aromatic N) is 4. The zero-order chi connectivity index (χ0) is 19.9. The Morgan fingerprint density at radius 1 is 0.931 bits per heavy atom. The zero-order valence-corrected chi connectivity index (χ0v) is 16.8. The first-order valence-corrected chi connectivity index (χ1v) is 10.5. The van der Waals surface area contributed by atoms with Crippen LogP contribution in [-0.2, 0) is 19.5 Å². The molecule has 0 aliphatic carbocycles. The number of amides is 1. The molecule has 4 rings (SSSR count). The van der Waals surface area contributed by atoms with Gasteiger partial charge in [-0.15, -0.1) is 16.4 Å². The Morgan fingerprint density at radius 2 is 1.66 bits per heavy atom. The van der Waals surface area contributed by atoms with Crippen LogP contribution in [0.1, 0.15) is 26.5 Å². The third-order valence-corrected chi connectivity index (χ3v) is 5.53. The van der Waals surface area contributed by atoms with Gasteiger partial charge in [0.05, 0.1) is 19.3 Å². The SMILES string of the molecule is O=C(c1cn(Cc2ccccc2)nn1)N(CCc1ccccc1)Cc1cccs1. The van der Waals surface area contributed by atoms with Crippen LogP contribution in [0.4, 0.5) is 0 Å². The predicted molar refractivity (Wildman–Crippen MR) is 115 cm³/mol. The molecule has 0 fully saturated rings. The van der Waals surface area contributed by atoms with Gasteiger partial charge >= 0.3 is 0 Å². The molecule has 0 spiro atoms. The Labute approximate surface area is 174 Å². The summed E-state index contributed by atoms with van der Waals surface area (Å²) in [6.45, 7) is 1.80. The van der Waals surface area contributed by atoms with Crippen LogP contribution in [0.5, 0.6) is 0 Å². The Bertz CT molecular complexity index is 1030. The van der Waals surface area contributed by atoms with Gasteiger partial charge in [0, 0.05) is 11.4 Å². The molecule has 0 saturated carbocycles. The molecule has 5 nitrogen and oxygen atoms in total. The highest BCUT2D eigenvalue weighted by molar-refractivity contribution is 7.09. The molecule has 2 aromatic carbocycles. The molecular weight excluding hydrogens is 380 g/mol. The summed E-state index contributed by atoms with van der Waals surface area (Å²) in [7, 11) is 0. The largest absolute Gasteiger partial charge is 0.332 e. The molecule has 0 atom stereocenters. The average molecular weight is 403 g/mol. The van der Waals surface area contributed by atoms with Gasteiger partial charge in [-0.2, -0.15) is 0 Å². The van der Waals surface area contributed by atoms with Gasteiger partial charge in [0.25, 0.3) is 5.91 Å². The highest BCUT2D eigenvalue weighted by Crippen LogP contribution is 2.15. The second-order valence-corrected chi connectivity index (χ2v) is 7.86. The quantitative estimate of drug-likeness (QED) is 0.442. The molecule has 0 unspecified atom stereocenters. The number of carbonyl (C=O) groups is 1. The number of rotatable bonds is 8. The maximum atomic E-state index is 13.2. The van der Waals surface area contributed by atoms with Crippen LogP contribution in [-0.4, -0.2) is 32.3 Å². The Morgan fingerprint density at radius 3 is 2.34 bits per heavy atom. The number of carbonyl (C=O) groups excluding carboxylic acids is 1. The lowest BCUT2D eigenvalue weighted by Gasteiger charge is -2.21. The Hall–Kier alpha value is -3.25. The lowest BCUT2D eigenvalue weighted by Crippen LogP contribution is -2.32. The van der Waals surface area contributed by atoms with E-state index in [9.17, 15) is 4.79 Å². The van der Waals surface area contributed by atoms with Crippen molar-refractivity contribution in [2.75, 3.05) is 6.54 Å². The van der Waals surface area contributed by atoms with E-state index >= 15 is 0 Å². The zero-order valence-electron chi connectivity index (χ0n) is 16.0. The van der Waals surface area contributed by atoms with E-state index in [1.807, 2.05) is 64.9 Å². The lowest BCUT2D eigenvalue weighted by atomic mass is 10.1. The molecule has 2 heterocycles. The second-order valence-electron chi connectivity index (χ2n) is 6.83. The number of hydrogen-bond acceptors (Lipinski definition) is 4. The molecule has 0 aliphatic rings. The number of benzene rings is 2. The summed E-state index contributed by atoms with van der Waals surface area (Å²) in [5.41, 5.74) is 2.71. The summed E-state index contributed by atoms with van der Waals surface area (Å²) in [6.07, 6.45) is 2.54. The minimum Gasteiger partial charge on any atom is -0.332 e. The molecule has 0 N–H and O–H groups in total. The van der Waals surface area contributed by atoms with E-state index in [2.05, 4.69) is 28.5 Å². The van der Waals surface area contributed by atoms with Crippen molar-refractivity contribution in [1.82, 2.24) is 19.9 Å². The Kier molecular flexibility index (Phi) is 6.12. The summed E-state index contributed by atoms with van der Waals surface area (Å²) in [5.74, 6) is -0.0892. The van der Waals surface area contributed by atoms with Crippen molar-refractivity contribution >= 4 is 17.2 Å². The standard InChI is InChI=1S/C23H22N4OS/c28-23(22-18-27(25-24-22)16-20-10-5-2-6-11-20)26(17-21-12-7-15-29-21)14-13-19-8-3-1-4-9-19/h1-12,15,18H,13-14,16-17H2. The van der Waals surface area contributed by atoms with Crippen molar-refractivity contribution in [2.24, 2.45) is 0 Å². The minimum atomic E-state index is -0.0892. The van der Waals surface area contributed by atoms with Gasteiger partial charge in [0.1, 0.15) is 0 Å². The molecule has 29 heavy (non-hydrogen) atoms. The van der Waals surface area contributed by atoms with Crippen LogP contribution in [0.15, 0.2) is 84.4 Å². The van der Waals surface area contributed by atoms with Crippen LogP contribution in [0.3, 0.4) is 0 Å². The molecule has 1 amide bonds. The van der Waals surface area contributed by atoms with Crippen molar-refractivity contribution in [2.45, 2.75) is 19.5 Å². The topological polar surface area (TPSA) is 51.0 Å². The van der Waals surface area contributed by atoms with Crippen molar-refractivity contribution < 1.29 is 4.79 Å².